The first-order valence-electron chi connectivity index (χ1n) is 6.01. The van der Waals surface area contributed by atoms with Crippen molar-refractivity contribution in [1.82, 2.24) is 4.90 Å². The number of hydrogen-bond acceptors (Lipinski definition) is 2. The Morgan fingerprint density at radius 1 is 1.00 bits per heavy atom. The molecule has 0 aromatic heterocycles. The molecule has 0 saturated carbocycles. The maximum absolute atomic E-state index is 9.40. The molecule has 0 heterocycles. The minimum atomic E-state index is 0.331. The zero-order valence-corrected chi connectivity index (χ0v) is 10.5. The third-order valence-electron chi connectivity index (χ3n) is 2.96. The van der Waals surface area contributed by atoms with Crippen LogP contribution in [-0.4, -0.2) is 30.6 Å². The van der Waals surface area contributed by atoms with Crippen LogP contribution in [0.25, 0.3) is 10.8 Å². The summed E-state index contributed by atoms with van der Waals surface area (Å²) in [6, 6.07) is 12.0. The van der Waals surface area contributed by atoms with Gasteiger partial charge in [0.1, 0.15) is 5.75 Å². The molecule has 0 fully saturated rings. The molecule has 17 heavy (non-hydrogen) atoms. The van der Waals surface area contributed by atoms with Gasteiger partial charge in [0.2, 0.25) is 0 Å². The molecule has 1 N–H and O–H groups in total. The second-order valence-corrected chi connectivity index (χ2v) is 4.77. The van der Waals surface area contributed by atoms with Crippen LogP contribution in [0.1, 0.15) is 12.0 Å². The molecule has 90 valence electrons. The second kappa shape index (κ2) is 5.19. The predicted molar refractivity (Wildman–Crippen MR) is 72.5 cm³/mol. The summed E-state index contributed by atoms with van der Waals surface area (Å²) in [7, 11) is 4.20. The zero-order valence-electron chi connectivity index (χ0n) is 10.5. The quantitative estimate of drug-likeness (QED) is 0.871. The highest BCUT2D eigenvalue weighted by molar-refractivity contribution is 5.84. The first-order valence-corrected chi connectivity index (χ1v) is 6.01. The molecule has 0 radical (unpaired) electrons. The van der Waals surface area contributed by atoms with Gasteiger partial charge in [-0.3, -0.25) is 0 Å². The Morgan fingerprint density at radius 2 is 1.71 bits per heavy atom. The van der Waals surface area contributed by atoms with E-state index in [-0.39, 0.29) is 0 Å². The Balaban J connectivity index is 2.12. The van der Waals surface area contributed by atoms with E-state index in [1.165, 1.54) is 17.4 Å². The van der Waals surface area contributed by atoms with E-state index in [0.29, 0.717) is 5.75 Å². The molecule has 0 aliphatic heterocycles. The van der Waals surface area contributed by atoms with E-state index < -0.39 is 0 Å². The minimum absolute atomic E-state index is 0.331. The van der Waals surface area contributed by atoms with Crippen LogP contribution < -0.4 is 0 Å². The first-order chi connectivity index (χ1) is 8.15. The molecule has 0 spiro atoms. The van der Waals surface area contributed by atoms with Gasteiger partial charge in [0.15, 0.2) is 0 Å². The molecule has 0 bridgehead atoms. The molecule has 0 amide bonds. The van der Waals surface area contributed by atoms with Crippen LogP contribution in [0.15, 0.2) is 36.4 Å². The van der Waals surface area contributed by atoms with Crippen molar-refractivity contribution in [3.63, 3.8) is 0 Å². The number of phenols is 1. The summed E-state index contributed by atoms with van der Waals surface area (Å²) in [5.74, 6) is 0.331. The monoisotopic (exact) mass is 229 g/mol. The number of aryl methyl sites for hydroxylation is 1. The summed E-state index contributed by atoms with van der Waals surface area (Å²) < 4.78 is 0. The van der Waals surface area contributed by atoms with E-state index in [4.69, 9.17) is 0 Å². The van der Waals surface area contributed by atoms with Crippen LogP contribution in [0.3, 0.4) is 0 Å². The van der Waals surface area contributed by atoms with Gasteiger partial charge in [0, 0.05) is 0 Å². The summed E-state index contributed by atoms with van der Waals surface area (Å²) in [5.41, 5.74) is 1.37. The lowest BCUT2D eigenvalue weighted by molar-refractivity contribution is 0.400. The Labute approximate surface area is 102 Å². The van der Waals surface area contributed by atoms with E-state index in [0.717, 1.165) is 18.4 Å². The fourth-order valence-corrected chi connectivity index (χ4v) is 2.04. The van der Waals surface area contributed by atoms with Gasteiger partial charge in [-0.2, -0.15) is 0 Å². The molecule has 0 saturated heterocycles. The van der Waals surface area contributed by atoms with Crippen molar-refractivity contribution in [1.29, 1.82) is 0 Å². The smallest absolute Gasteiger partial charge is 0.116 e. The number of benzene rings is 2. The normalized spacial score (nSPS) is 11.2. The molecule has 0 unspecified atom stereocenters. The highest BCUT2D eigenvalue weighted by Gasteiger charge is 1.99. The molecule has 2 heteroatoms. The molecule has 2 aromatic carbocycles. The van der Waals surface area contributed by atoms with Crippen molar-refractivity contribution in [3.8, 4) is 5.75 Å². The van der Waals surface area contributed by atoms with Gasteiger partial charge in [-0.15, -0.1) is 0 Å². The average molecular weight is 229 g/mol. The largest absolute Gasteiger partial charge is 0.508 e. The molecule has 2 nitrogen and oxygen atoms in total. The number of phenolic OH excluding ortho intramolecular Hbond substituents is 1. The van der Waals surface area contributed by atoms with Gasteiger partial charge in [0.25, 0.3) is 0 Å². The molecular weight excluding hydrogens is 210 g/mol. The van der Waals surface area contributed by atoms with Crippen LogP contribution in [0.2, 0.25) is 0 Å². The van der Waals surface area contributed by atoms with Crippen molar-refractivity contribution in [2.24, 2.45) is 0 Å². The van der Waals surface area contributed by atoms with Gasteiger partial charge < -0.3 is 10.0 Å². The third kappa shape index (κ3) is 3.21. The third-order valence-corrected chi connectivity index (χ3v) is 2.96. The molecule has 0 aliphatic carbocycles. The van der Waals surface area contributed by atoms with Crippen LogP contribution in [0, 0.1) is 0 Å². The topological polar surface area (TPSA) is 23.5 Å². The van der Waals surface area contributed by atoms with E-state index in [1.54, 1.807) is 12.1 Å². The van der Waals surface area contributed by atoms with Gasteiger partial charge in [-0.05, 0) is 62.0 Å². The van der Waals surface area contributed by atoms with Gasteiger partial charge in [-0.1, -0.05) is 24.3 Å². The minimum Gasteiger partial charge on any atom is -0.508 e. The van der Waals surface area contributed by atoms with Crippen molar-refractivity contribution in [3.05, 3.63) is 42.0 Å². The molecular formula is C15H19NO. The van der Waals surface area contributed by atoms with Gasteiger partial charge in [-0.25, -0.2) is 0 Å². The highest BCUT2D eigenvalue weighted by atomic mass is 16.3. The maximum atomic E-state index is 9.40. The summed E-state index contributed by atoms with van der Waals surface area (Å²) in [5, 5.41) is 11.7. The number of rotatable bonds is 4. The van der Waals surface area contributed by atoms with Crippen LogP contribution in [0.5, 0.6) is 5.75 Å². The van der Waals surface area contributed by atoms with Crippen molar-refractivity contribution < 1.29 is 5.11 Å². The van der Waals surface area contributed by atoms with Crippen LogP contribution in [0.4, 0.5) is 0 Å². The lowest BCUT2D eigenvalue weighted by atomic mass is 10.0. The highest BCUT2D eigenvalue weighted by Crippen LogP contribution is 2.21. The van der Waals surface area contributed by atoms with E-state index in [9.17, 15) is 5.11 Å². The van der Waals surface area contributed by atoms with Crippen LogP contribution >= 0.6 is 0 Å². The summed E-state index contributed by atoms with van der Waals surface area (Å²) in [4.78, 5) is 2.21. The number of nitrogens with zero attached hydrogens (tertiary/aromatic N) is 1. The van der Waals surface area contributed by atoms with Crippen LogP contribution in [-0.2, 0) is 6.42 Å². The van der Waals surface area contributed by atoms with E-state index >= 15 is 0 Å². The number of fused-ring (bicyclic) bond motifs is 1. The van der Waals surface area contributed by atoms with Gasteiger partial charge in [0.05, 0.1) is 0 Å². The Kier molecular flexibility index (Phi) is 3.64. The van der Waals surface area contributed by atoms with E-state index in [1.807, 2.05) is 6.07 Å². The summed E-state index contributed by atoms with van der Waals surface area (Å²) in [6.07, 6.45) is 2.28. The lowest BCUT2D eigenvalue weighted by Gasteiger charge is -2.09. The maximum Gasteiger partial charge on any atom is 0.116 e. The summed E-state index contributed by atoms with van der Waals surface area (Å²) in [6.45, 7) is 1.12. The fourth-order valence-electron chi connectivity index (χ4n) is 2.04. The zero-order chi connectivity index (χ0) is 12.3. The van der Waals surface area contributed by atoms with Gasteiger partial charge >= 0.3 is 0 Å². The SMILES string of the molecule is CN(C)CCCc1ccc2cc(O)ccc2c1. The molecule has 0 atom stereocenters. The van der Waals surface area contributed by atoms with Crippen molar-refractivity contribution in [2.45, 2.75) is 12.8 Å². The van der Waals surface area contributed by atoms with E-state index in [2.05, 4.69) is 37.2 Å². The molecule has 0 aliphatic rings. The van der Waals surface area contributed by atoms with Crippen molar-refractivity contribution >= 4 is 10.8 Å². The Hall–Kier alpha value is -1.54. The first kappa shape index (κ1) is 11.9. The fraction of sp³-hybridized carbons (Fsp3) is 0.333. The predicted octanol–water partition coefficient (Wildman–Crippen LogP) is 3.04. The average Bonchev–Trinajstić information content (AvgIpc) is 2.29. The Bertz CT molecular complexity index is 505. The standard InChI is InChI=1S/C15H19NO/c1-16(2)9-3-4-12-5-6-14-11-15(17)8-7-13(14)10-12/h5-8,10-11,17H,3-4,9H2,1-2H3. The molecule has 2 rings (SSSR count). The summed E-state index contributed by atoms with van der Waals surface area (Å²) >= 11 is 0. The van der Waals surface area contributed by atoms with Crippen molar-refractivity contribution in [2.75, 3.05) is 20.6 Å². The molecule has 2 aromatic rings. The second-order valence-electron chi connectivity index (χ2n) is 4.77. The Morgan fingerprint density at radius 3 is 2.47 bits per heavy atom. The number of hydrogen-bond donors (Lipinski definition) is 1. The number of aromatic hydroxyl groups is 1. The lowest BCUT2D eigenvalue weighted by Crippen LogP contribution is -2.13.